The first-order chi connectivity index (χ1) is 21.1. The van der Waals surface area contributed by atoms with Gasteiger partial charge in [-0.3, -0.25) is 9.48 Å². The number of nitrogen functional groups attached to an aromatic ring is 1. The molecular formula is C34H42FN5O3Si. The van der Waals surface area contributed by atoms with E-state index in [4.69, 9.17) is 10.5 Å². The molecule has 2 heterocycles. The summed E-state index contributed by atoms with van der Waals surface area (Å²) in [5, 5.41) is 21.6. The van der Waals surface area contributed by atoms with E-state index in [1.807, 2.05) is 60.8 Å². The highest BCUT2D eigenvalue weighted by molar-refractivity contribution is 6.72. The van der Waals surface area contributed by atoms with Gasteiger partial charge < -0.3 is 25.0 Å². The largest absolute Gasteiger partial charge is 0.399 e. The number of rotatable bonds is 12. The van der Waals surface area contributed by atoms with E-state index < -0.39 is 8.41 Å². The van der Waals surface area contributed by atoms with E-state index in [9.17, 15) is 9.90 Å². The number of nitrogens with one attached hydrogen (secondary N) is 1. The smallest absolute Gasteiger partial charge is 0.255 e. The van der Waals surface area contributed by atoms with Crippen molar-refractivity contribution in [3.05, 3.63) is 107 Å². The van der Waals surface area contributed by atoms with Crippen LogP contribution in [0.2, 0.25) is 18.6 Å². The summed E-state index contributed by atoms with van der Waals surface area (Å²) in [6.07, 6.45) is 3.75. The monoisotopic (exact) mass is 615 g/mol. The molecule has 1 aliphatic rings. The number of amides is 1. The first kappa shape index (κ1) is 31.6. The molecule has 44 heavy (non-hydrogen) atoms. The standard InChI is InChI=1S/C34H42FN5O3Si/c1-23-31(17-12-24-8-7-11-28(20-24)37-34(42)26-13-15-27(36)16-14-26)43-32(33(23)44(2,3)35)18-19-40-21-30(38-39-40)29(22-41)25-9-5-4-6-10-25/h4-11,13-16,20-21,23,29,31-33,41H,12,17-19,22,36H2,1-3H3,(H,37,42)/t23-,29?,31+,32-,33+/m1/s1. The van der Waals surface area contributed by atoms with E-state index in [0.29, 0.717) is 29.9 Å². The maximum atomic E-state index is 15.7. The van der Waals surface area contributed by atoms with Crippen LogP contribution < -0.4 is 11.1 Å². The number of aliphatic hydroxyl groups excluding tert-OH is 1. The van der Waals surface area contributed by atoms with Crippen LogP contribution in [0.15, 0.2) is 85.1 Å². The van der Waals surface area contributed by atoms with Gasteiger partial charge in [-0.15, -0.1) is 5.10 Å². The zero-order valence-corrected chi connectivity index (χ0v) is 26.6. The van der Waals surface area contributed by atoms with E-state index in [1.165, 1.54) is 0 Å². The van der Waals surface area contributed by atoms with Crippen molar-refractivity contribution < 1.29 is 18.7 Å². The topological polar surface area (TPSA) is 115 Å². The molecule has 3 aromatic carbocycles. The molecular weight excluding hydrogens is 573 g/mol. The summed E-state index contributed by atoms with van der Waals surface area (Å²) in [5.41, 5.74) is 10.3. The Balaban J connectivity index is 1.20. The van der Waals surface area contributed by atoms with E-state index >= 15 is 4.11 Å². The molecule has 1 aliphatic heterocycles. The van der Waals surface area contributed by atoms with Crippen LogP contribution >= 0.6 is 0 Å². The first-order valence-corrected chi connectivity index (χ1v) is 18.2. The van der Waals surface area contributed by atoms with Crippen molar-refractivity contribution >= 4 is 25.7 Å². The number of halogens is 1. The van der Waals surface area contributed by atoms with E-state index in [-0.39, 0.29) is 42.1 Å². The van der Waals surface area contributed by atoms with Crippen molar-refractivity contribution in [2.24, 2.45) is 5.92 Å². The second-order valence-electron chi connectivity index (χ2n) is 12.3. The van der Waals surface area contributed by atoms with Crippen LogP contribution in [0.4, 0.5) is 15.5 Å². The van der Waals surface area contributed by atoms with Gasteiger partial charge in [0.1, 0.15) is 0 Å². The van der Waals surface area contributed by atoms with Crippen LogP contribution in [0, 0.1) is 5.92 Å². The number of aromatic nitrogens is 3. The molecule has 1 unspecified atom stereocenters. The van der Waals surface area contributed by atoms with Gasteiger partial charge in [-0.25, -0.2) is 0 Å². The van der Waals surface area contributed by atoms with E-state index in [2.05, 4.69) is 22.6 Å². The van der Waals surface area contributed by atoms with Crippen molar-refractivity contribution in [3.8, 4) is 0 Å². The molecule has 5 rings (SSSR count). The number of anilines is 2. The SMILES string of the molecule is C[C@H]1[C@H]([Si](C)(C)F)[C@@H](CCn2cc(C(CO)c3ccccc3)nn2)O[C@H]1CCc1cccc(NC(=O)c2ccc(N)cc2)c1. The van der Waals surface area contributed by atoms with E-state index in [1.54, 1.807) is 42.0 Å². The number of hydrogen-bond acceptors (Lipinski definition) is 6. The Morgan fingerprint density at radius 1 is 1.07 bits per heavy atom. The van der Waals surface area contributed by atoms with Crippen molar-refractivity contribution in [2.75, 3.05) is 17.7 Å². The summed E-state index contributed by atoms with van der Waals surface area (Å²) in [6, 6.07) is 24.4. The molecule has 1 saturated heterocycles. The second-order valence-corrected chi connectivity index (χ2v) is 16.1. The Hall–Kier alpha value is -3.86. The number of carbonyl (C=O) groups is 1. The molecule has 0 bridgehead atoms. The fourth-order valence-electron chi connectivity index (χ4n) is 6.50. The Morgan fingerprint density at radius 2 is 1.82 bits per heavy atom. The highest BCUT2D eigenvalue weighted by Gasteiger charge is 2.50. The molecule has 0 spiro atoms. The summed E-state index contributed by atoms with van der Waals surface area (Å²) in [4.78, 5) is 12.7. The van der Waals surface area contributed by atoms with Gasteiger partial charge in [0.2, 0.25) is 8.41 Å². The van der Waals surface area contributed by atoms with Gasteiger partial charge in [0.05, 0.1) is 30.4 Å². The molecule has 4 aromatic rings. The first-order valence-electron chi connectivity index (χ1n) is 15.3. The van der Waals surface area contributed by atoms with Crippen molar-refractivity contribution in [3.63, 3.8) is 0 Å². The number of hydrogen-bond donors (Lipinski definition) is 3. The summed E-state index contributed by atoms with van der Waals surface area (Å²) in [7, 11) is -3.02. The molecule has 1 aromatic heterocycles. The van der Waals surface area contributed by atoms with Gasteiger partial charge in [0, 0.05) is 35.2 Å². The lowest BCUT2D eigenvalue weighted by Gasteiger charge is -2.28. The Kier molecular flexibility index (Phi) is 9.92. The van der Waals surface area contributed by atoms with Gasteiger partial charge >= 0.3 is 0 Å². The summed E-state index contributed by atoms with van der Waals surface area (Å²) < 4.78 is 24.0. The average Bonchev–Trinajstić information content (AvgIpc) is 3.60. The van der Waals surface area contributed by atoms with Crippen LogP contribution in [-0.2, 0) is 17.7 Å². The Labute approximate surface area is 259 Å². The number of carbonyl (C=O) groups excluding carboxylic acids is 1. The van der Waals surface area contributed by atoms with Gasteiger partial charge in [-0.2, -0.15) is 0 Å². The van der Waals surface area contributed by atoms with Crippen molar-refractivity contribution in [2.45, 2.75) is 69.5 Å². The number of aliphatic hydroxyl groups is 1. The molecule has 1 amide bonds. The number of benzene rings is 3. The highest BCUT2D eigenvalue weighted by Crippen LogP contribution is 2.47. The molecule has 0 aliphatic carbocycles. The van der Waals surface area contributed by atoms with E-state index in [0.717, 1.165) is 29.7 Å². The molecule has 10 heteroatoms. The fourth-order valence-corrected chi connectivity index (χ4v) is 9.09. The molecule has 0 saturated carbocycles. The zero-order valence-electron chi connectivity index (χ0n) is 25.6. The average molecular weight is 616 g/mol. The summed E-state index contributed by atoms with van der Waals surface area (Å²) in [5.74, 6) is -0.350. The quantitative estimate of drug-likeness (QED) is 0.0992. The summed E-state index contributed by atoms with van der Waals surface area (Å²) in [6.45, 7) is 6.17. The maximum Gasteiger partial charge on any atom is 0.255 e. The van der Waals surface area contributed by atoms with Crippen molar-refractivity contribution in [1.29, 1.82) is 0 Å². The third-order valence-corrected chi connectivity index (χ3v) is 11.2. The Bertz CT molecular complexity index is 1530. The number of ether oxygens (including phenoxy) is 1. The van der Waals surface area contributed by atoms with Gasteiger partial charge in [-0.1, -0.05) is 54.6 Å². The van der Waals surface area contributed by atoms with Crippen LogP contribution in [0.5, 0.6) is 0 Å². The van der Waals surface area contributed by atoms with Crippen LogP contribution in [0.3, 0.4) is 0 Å². The van der Waals surface area contributed by atoms with Crippen LogP contribution in [0.25, 0.3) is 0 Å². The normalized spacial score (nSPS) is 20.8. The molecule has 5 atom stereocenters. The molecule has 0 radical (unpaired) electrons. The minimum Gasteiger partial charge on any atom is -0.399 e. The Morgan fingerprint density at radius 3 is 2.52 bits per heavy atom. The molecule has 1 fully saturated rings. The predicted octanol–water partition coefficient (Wildman–Crippen LogP) is 6.21. The minimum absolute atomic E-state index is 0.0603. The second kappa shape index (κ2) is 13.8. The zero-order chi connectivity index (χ0) is 31.3. The van der Waals surface area contributed by atoms with Gasteiger partial charge in [0.15, 0.2) is 0 Å². The lowest BCUT2D eigenvalue weighted by atomic mass is 9.95. The van der Waals surface area contributed by atoms with Crippen molar-refractivity contribution in [1.82, 2.24) is 15.0 Å². The van der Waals surface area contributed by atoms with Crippen LogP contribution in [-0.4, -0.2) is 53.2 Å². The third-order valence-electron chi connectivity index (χ3n) is 8.71. The predicted molar refractivity (Wildman–Crippen MR) is 174 cm³/mol. The third kappa shape index (κ3) is 7.61. The van der Waals surface area contributed by atoms with Gasteiger partial charge in [-0.05, 0) is 85.8 Å². The molecule has 8 nitrogen and oxygen atoms in total. The van der Waals surface area contributed by atoms with Gasteiger partial charge in [0.25, 0.3) is 5.91 Å². The lowest BCUT2D eigenvalue weighted by Crippen LogP contribution is -2.36. The number of aryl methyl sites for hydroxylation is 2. The highest BCUT2D eigenvalue weighted by atomic mass is 28.4. The minimum atomic E-state index is -3.02. The molecule has 232 valence electrons. The van der Waals surface area contributed by atoms with Crippen LogP contribution in [0.1, 0.15) is 52.9 Å². The maximum absolute atomic E-state index is 15.7. The number of nitrogens with two attached hydrogens (primary N) is 1. The molecule has 4 N–H and O–H groups in total. The summed E-state index contributed by atoms with van der Waals surface area (Å²) >= 11 is 0. The number of nitrogens with zero attached hydrogens (tertiary/aromatic N) is 3. The fraction of sp³-hybridized carbons (Fsp3) is 0.382. The lowest BCUT2D eigenvalue weighted by molar-refractivity contribution is 0.0247.